The smallest absolute Gasteiger partial charge is 0.136 e. The van der Waals surface area contributed by atoms with E-state index in [0.29, 0.717) is 25.6 Å². The number of nitrogens with one attached hydrogen (secondary N) is 1. The summed E-state index contributed by atoms with van der Waals surface area (Å²) in [5, 5.41) is 12.2. The van der Waals surface area contributed by atoms with Gasteiger partial charge < -0.3 is 20.1 Å². The summed E-state index contributed by atoms with van der Waals surface area (Å²) in [4.78, 5) is 11.1. The normalized spacial score (nSPS) is 14.5. The number of aromatic nitrogens is 2. The van der Waals surface area contributed by atoms with Gasteiger partial charge in [-0.25, -0.2) is 9.97 Å². The van der Waals surface area contributed by atoms with Crippen molar-refractivity contribution in [3.8, 4) is 0 Å². The molecule has 6 nitrogen and oxygen atoms in total. The average molecular weight is 266 g/mol. The molecule has 1 saturated carbocycles. The van der Waals surface area contributed by atoms with Crippen molar-refractivity contribution in [2.45, 2.75) is 18.8 Å². The number of rotatable bonds is 8. The Morgan fingerprint density at radius 2 is 2.21 bits per heavy atom. The lowest BCUT2D eigenvalue weighted by Crippen LogP contribution is -2.31. The van der Waals surface area contributed by atoms with Gasteiger partial charge in [0.05, 0.1) is 13.2 Å². The van der Waals surface area contributed by atoms with E-state index in [-0.39, 0.29) is 6.61 Å². The fraction of sp³-hybridized carbons (Fsp3) is 0.692. The first-order chi connectivity index (χ1) is 9.28. The molecular formula is C13H22N4O2. The zero-order valence-corrected chi connectivity index (χ0v) is 11.6. The Balaban J connectivity index is 2.20. The molecule has 2 rings (SSSR count). The van der Waals surface area contributed by atoms with Gasteiger partial charge in [-0.2, -0.15) is 0 Å². The van der Waals surface area contributed by atoms with Gasteiger partial charge >= 0.3 is 0 Å². The molecule has 0 aromatic carbocycles. The van der Waals surface area contributed by atoms with Crippen LogP contribution in [0.2, 0.25) is 0 Å². The van der Waals surface area contributed by atoms with Crippen LogP contribution in [0.3, 0.4) is 0 Å². The Bertz CT molecular complexity index is 410. The molecular weight excluding hydrogens is 244 g/mol. The van der Waals surface area contributed by atoms with E-state index in [4.69, 9.17) is 4.74 Å². The summed E-state index contributed by atoms with van der Waals surface area (Å²) in [6.07, 6.45) is 2.34. The Labute approximate surface area is 113 Å². The number of hydrogen-bond acceptors (Lipinski definition) is 6. The van der Waals surface area contributed by atoms with Crippen molar-refractivity contribution in [1.29, 1.82) is 0 Å². The molecule has 0 saturated heterocycles. The SMILES string of the molecule is CNc1cc(N(CCO)CCOC)nc(C2CC2)n1. The number of anilines is 2. The molecule has 0 bridgehead atoms. The summed E-state index contributed by atoms with van der Waals surface area (Å²) in [6, 6.07) is 1.91. The van der Waals surface area contributed by atoms with E-state index in [1.54, 1.807) is 7.11 Å². The maximum absolute atomic E-state index is 9.17. The molecule has 106 valence electrons. The third-order valence-corrected chi connectivity index (χ3v) is 3.19. The molecule has 0 unspecified atom stereocenters. The second-order valence-corrected chi connectivity index (χ2v) is 4.70. The van der Waals surface area contributed by atoms with Crippen LogP contribution in [0.5, 0.6) is 0 Å². The molecule has 2 N–H and O–H groups in total. The third kappa shape index (κ3) is 3.78. The zero-order chi connectivity index (χ0) is 13.7. The summed E-state index contributed by atoms with van der Waals surface area (Å²) in [5.41, 5.74) is 0. The predicted octanol–water partition coefficient (Wildman–Crippen LogP) is 0.841. The van der Waals surface area contributed by atoms with E-state index in [0.717, 1.165) is 17.5 Å². The lowest BCUT2D eigenvalue weighted by atomic mass is 10.3. The number of ether oxygens (including phenoxy) is 1. The van der Waals surface area contributed by atoms with Crippen LogP contribution < -0.4 is 10.2 Å². The van der Waals surface area contributed by atoms with Crippen molar-refractivity contribution in [2.75, 3.05) is 50.7 Å². The highest BCUT2D eigenvalue weighted by Crippen LogP contribution is 2.39. The summed E-state index contributed by atoms with van der Waals surface area (Å²) in [7, 11) is 3.53. The van der Waals surface area contributed by atoms with Crippen molar-refractivity contribution < 1.29 is 9.84 Å². The fourth-order valence-electron chi connectivity index (χ4n) is 1.93. The Hall–Kier alpha value is -1.40. The molecule has 19 heavy (non-hydrogen) atoms. The van der Waals surface area contributed by atoms with Crippen molar-refractivity contribution in [3.05, 3.63) is 11.9 Å². The van der Waals surface area contributed by atoms with Crippen LogP contribution in [-0.4, -0.2) is 55.5 Å². The quantitative estimate of drug-likeness (QED) is 0.726. The molecule has 1 aromatic rings. The van der Waals surface area contributed by atoms with Crippen LogP contribution in [-0.2, 0) is 4.74 Å². The second kappa shape index (κ2) is 6.68. The maximum Gasteiger partial charge on any atom is 0.136 e. The van der Waals surface area contributed by atoms with Gasteiger partial charge in [0, 0.05) is 39.2 Å². The molecule has 1 fully saturated rings. The first-order valence-corrected chi connectivity index (χ1v) is 6.70. The van der Waals surface area contributed by atoms with Gasteiger partial charge in [-0.05, 0) is 12.8 Å². The standard InChI is InChI=1S/C13H22N4O2/c1-14-11-9-12(16-13(15-11)10-3-4-10)17(5-7-18)6-8-19-2/h9-10,18H,3-8H2,1-2H3,(H,14,15,16). The fourth-order valence-corrected chi connectivity index (χ4v) is 1.93. The Morgan fingerprint density at radius 3 is 2.79 bits per heavy atom. The zero-order valence-electron chi connectivity index (χ0n) is 11.6. The van der Waals surface area contributed by atoms with Crippen LogP contribution >= 0.6 is 0 Å². The van der Waals surface area contributed by atoms with Gasteiger partial charge in [-0.15, -0.1) is 0 Å². The van der Waals surface area contributed by atoms with Gasteiger partial charge in [-0.1, -0.05) is 0 Å². The number of methoxy groups -OCH3 is 1. The highest BCUT2D eigenvalue weighted by Gasteiger charge is 2.27. The summed E-state index contributed by atoms with van der Waals surface area (Å²) < 4.78 is 5.10. The van der Waals surface area contributed by atoms with Gasteiger partial charge in [0.25, 0.3) is 0 Å². The van der Waals surface area contributed by atoms with Gasteiger partial charge in [-0.3, -0.25) is 0 Å². The van der Waals surface area contributed by atoms with E-state index in [2.05, 4.69) is 15.3 Å². The molecule has 1 aliphatic carbocycles. The van der Waals surface area contributed by atoms with Crippen LogP contribution in [0, 0.1) is 0 Å². The van der Waals surface area contributed by atoms with E-state index in [9.17, 15) is 5.11 Å². The highest BCUT2D eigenvalue weighted by molar-refractivity contribution is 5.49. The summed E-state index contributed by atoms with van der Waals surface area (Å²) in [6.45, 7) is 1.97. The van der Waals surface area contributed by atoms with Crippen molar-refractivity contribution in [2.24, 2.45) is 0 Å². The molecule has 1 heterocycles. The molecule has 1 aliphatic rings. The van der Waals surface area contributed by atoms with Gasteiger partial charge in [0.1, 0.15) is 17.5 Å². The second-order valence-electron chi connectivity index (χ2n) is 4.70. The van der Waals surface area contributed by atoms with E-state index >= 15 is 0 Å². The lowest BCUT2D eigenvalue weighted by molar-refractivity contribution is 0.202. The minimum Gasteiger partial charge on any atom is -0.395 e. The minimum atomic E-state index is 0.0986. The first-order valence-electron chi connectivity index (χ1n) is 6.70. The van der Waals surface area contributed by atoms with Gasteiger partial charge in [0.2, 0.25) is 0 Å². The molecule has 0 spiro atoms. The molecule has 0 radical (unpaired) electrons. The predicted molar refractivity (Wildman–Crippen MR) is 74.7 cm³/mol. The average Bonchev–Trinajstić information content (AvgIpc) is 3.27. The number of hydrogen-bond donors (Lipinski definition) is 2. The van der Waals surface area contributed by atoms with E-state index in [1.165, 1.54) is 12.8 Å². The van der Waals surface area contributed by atoms with E-state index < -0.39 is 0 Å². The van der Waals surface area contributed by atoms with Crippen molar-refractivity contribution in [3.63, 3.8) is 0 Å². The summed E-state index contributed by atoms with van der Waals surface area (Å²) >= 11 is 0. The molecule has 1 aromatic heterocycles. The van der Waals surface area contributed by atoms with Crippen molar-refractivity contribution in [1.82, 2.24) is 9.97 Å². The Morgan fingerprint density at radius 1 is 1.42 bits per heavy atom. The van der Waals surface area contributed by atoms with Crippen LogP contribution in [0.1, 0.15) is 24.6 Å². The van der Waals surface area contributed by atoms with Crippen LogP contribution in [0.25, 0.3) is 0 Å². The molecule has 0 amide bonds. The monoisotopic (exact) mass is 266 g/mol. The van der Waals surface area contributed by atoms with E-state index in [1.807, 2.05) is 18.0 Å². The maximum atomic E-state index is 9.17. The van der Waals surface area contributed by atoms with Crippen LogP contribution in [0.4, 0.5) is 11.6 Å². The topological polar surface area (TPSA) is 70.5 Å². The number of aliphatic hydroxyl groups excluding tert-OH is 1. The minimum absolute atomic E-state index is 0.0986. The lowest BCUT2D eigenvalue weighted by Gasteiger charge is -2.23. The largest absolute Gasteiger partial charge is 0.395 e. The molecule has 6 heteroatoms. The number of aliphatic hydroxyl groups is 1. The summed E-state index contributed by atoms with van der Waals surface area (Å²) in [5.74, 6) is 3.09. The highest BCUT2D eigenvalue weighted by atomic mass is 16.5. The van der Waals surface area contributed by atoms with Gasteiger partial charge in [0.15, 0.2) is 0 Å². The Kier molecular flexibility index (Phi) is 4.93. The third-order valence-electron chi connectivity index (χ3n) is 3.19. The molecule has 0 aliphatic heterocycles. The van der Waals surface area contributed by atoms with Crippen LogP contribution in [0.15, 0.2) is 6.07 Å². The number of nitrogens with zero attached hydrogens (tertiary/aromatic N) is 3. The first kappa shape index (κ1) is 14.0. The molecule has 0 atom stereocenters. The van der Waals surface area contributed by atoms with Crippen molar-refractivity contribution >= 4 is 11.6 Å².